The summed E-state index contributed by atoms with van der Waals surface area (Å²) in [6, 6.07) is 16.1. The number of hydrogen-bond donors (Lipinski definition) is 1. The lowest BCUT2D eigenvalue weighted by atomic mass is 10.1. The molecule has 0 bridgehead atoms. The molecule has 3 rings (SSSR count). The summed E-state index contributed by atoms with van der Waals surface area (Å²) in [4.78, 5) is 14.2. The molecule has 0 unspecified atom stereocenters. The van der Waals surface area contributed by atoms with Crippen LogP contribution in [-0.2, 0) is 6.42 Å². The number of carbonyl (C=O) groups is 1. The van der Waals surface area contributed by atoms with E-state index in [1.54, 1.807) is 19.2 Å². The number of aryl methyl sites for hydroxylation is 1. The second-order valence-corrected chi connectivity index (χ2v) is 7.20. The molecular formula is C21H20FNO2S. The van der Waals surface area contributed by atoms with Crippen molar-refractivity contribution in [3.63, 3.8) is 0 Å². The van der Waals surface area contributed by atoms with Gasteiger partial charge in [0.15, 0.2) is 0 Å². The van der Waals surface area contributed by atoms with Crippen molar-refractivity contribution in [2.24, 2.45) is 0 Å². The van der Waals surface area contributed by atoms with Gasteiger partial charge in [-0.1, -0.05) is 24.3 Å². The minimum Gasteiger partial charge on any atom is -0.497 e. The third kappa shape index (κ3) is 4.29. The smallest absolute Gasteiger partial charge is 0.261 e. The molecule has 26 heavy (non-hydrogen) atoms. The zero-order valence-electron chi connectivity index (χ0n) is 14.7. The third-order valence-corrected chi connectivity index (χ3v) is 5.20. The minimum absolute atomic E-state index is 0.0834. The normalized spacial score (nSPS) is 10.6. The van der Waals surface area contributed by atoms with Gasteiger partial charge in [0.1, 0.15) is 11.6 Å². The van der Waals surface area contributed by atoms with Gasteiger partial charge >= 0.3 is 0 Å². The van der Waals surface area contributed by atoms with Crippen molar-refractivity contribution in [3.8, 4) is 16.9 Å². The van der Waals surface area contributed by atoms with E-state index in [0.717, 1.165) is 27.3 Å². The Kier molecular flexibility index (Phi) is 5.68. The van der Waals surface area contributed by atoms with Crippen molar-refractivity contribution in [2.45, 2.75) is 13.3 Å². The molecule has 0 aliphatic heterocycles. The van der Waals surface area contributed by atoms with Crippen LogP contribution in [0.15, 0.2) is 54.6 Å². The highest BCUT2D eigenvalue weighted by Gasteiger charge is 2.13. The predicted octanol–water partition coefficient (Wildman–Crippen LogP) is 4.84. The first kappa shape index (κ1) is 18.1. The molecule has 0 saturated carbocycles. The maximum atomic E-state index is 12.9. The maximum absolute atomic E-state index is 12.9. The van der Waals surface area contributed by atoms with Crippen LogP contribution in [0.3, 0.4) is 0 Å². The molecule has 134 valence electrons. The van der Waals surface area contributed by atoms with E-state index in [4.69, 9.17) is 4.74 Å². The molecule has 1 aromatic heterocycles. The Hall–Kier alpha value is -2.66. The van der Waals surface area contributed by atoms with Gasteiger partial charge in [-0.3, -0.25) is 4.79 Å². The van der Waals surface area contributed by atoms with Gasteiger partial charge in [-0.15, -0.1) is 11.3 Å². The van der Waals surface area contributed by atoms with Crippen LogP contribution in [0.25, 0.3) is 11.1 Å². The summed E-state index contributed by atoms with van der Waals surface area (Å²) in [6.07, 6.45) is 0.668. The van der Waals surface area contributed by atoms with Crippen molar-refractivity contribution in [2.75, 3.05) is 13.7 Å². The van der Waals surface area contributed by atoms with Crippen LogP contribution in [0.4, 0.5) is 4.39 Å². The molecule has 0 aliphatic carbocycles. The molecule has 1 amide bonds. The Morgan fingerprint density at radius 1 is 1.12 bits per heavy atom. The van der Waals surface area contributed by atoms with E-state index in [1.165, 1.54) is 23.5 Å². The summed E-state index contributed by atoms with van der Waals surface area (Å²) in [5, 5.41) is 2.93. The number of rotatable bonds is 6. The second-order valence-electron chi connectivity index (χ2n) is 5.94. The molecule has 3 nitrogen and oxygen atoms in total. The Bertz CT molecular complexity index is 885. The highest BCUT2D eigenvalue weighted by Crippen LogP contribution is 2.32. The molecule has 5 heteroatoms. The summed E-state index contributed by atoms with van der Waals surface area (Å²) < 4.78 is 18.1. The van der Waals surface area contributed by atoms with Crippen molar-refractivity contribution >= 4 is 17.2 Å². The van der Waals surface area contributed by atoms with Crippen LogP contribution < -0.4 is 10.1 Å². The molecule has 1 N–H and O–H groups in total. The molecule has 2 aromatic carbocycles. The molecule has 0 aliphatic rings. The lowest BCUT2D eigenvalue weighted by Gasteiger charge is -2.04. The van der Waals surface area contributed by atoms with Gasteiger partial charge in [-0.2, -0.15) is 0 Å². The summed E-state index contributed by atoms with van der Waals surface area (Å²) in [5.41, 5.74) is 3.11. The first-order valence-corrected chi connectivity index (χ1v) is 9.16. The summed E-state index contributed by atoms with van der Waals surface area (Å²) >= 11 is 1.48. The highest BCUT2D eigenvalue weighted by atomic mass is 32.1. The molecule has 0 saturated heterocycles. The number of halogens is 1. The van der Waals surface area contributed by atoms with Gasteiger partial charge in [0, 0.05) is 11.4 Å². The van der Waals surface area contributed by atoms with Crippen molar-refractivity contribution < 1.29 is 13.9 Å². The fraction of sp³-hybridized carbons (Fsp3) is 0.190. The van der Waals surface area contributed by atoms with Crippen LogP contribution in [-0.4, -0.2) is 19.6 Å². The van der Waals surface area contributed by atoms with Crippen LogP contribution in [0.2, 0.25) is 0 Å². The number of ether oxygens (including phenoxy) is 1. The van der Waals surface area contributed by atoms with Crippen LogP contribution in [0.5, 0.6) is 5.75 Å². The number of nitrogens with one attached hydrogen (secondary N) is 1. The highest BCUT2D eigenvalue weighted by molar-refractivity contribution is 7.14. The van der Waals surface area contributed by atoms with Gasteiger partial charge in [-0.05, 0) is 60.4 Å². The maximum Gasteiger partial charge on any atom is 0.261 e. The average molecular weight is 369 g/mol. The fourth-order valence-electron chi connectivity index (χ4n) is 2.71. The van der Waals surface area contributed by atoms with Gasteiger partial charge < -0.3 is 10.1 Å². The van der Waals surface area contributed by atoms with E-state index in [-0.39, 0.29) is 11.7 Å². The monoisotopic (exact) mass is 369 g/mol. The SMILES string of the molecule is COc1ccc(-c2cc(C(=O)NCCc3ccc(F)cc3)sc2C)cc1. The molecule has 0 fully saturated rings. The van der Waals surface area contributed by atoms with Crippen molar-refractivity contribution in [3.05, 3.63) is 75.7 Å². The molecule has 3 aromatic rings. The number of hydrogen-bond acceptors (Lipinski definition) is 3. The van der Waals surface area contributed by atoms with E-state index in [2.05, 4.69) is 5.32 Å². The van der Waals surface area contributed by atoms with Crippen LogP contribution in [0, 0.1) is 12.7 Å². The minimum atomic E-state index is -0.252. The average Bonchev–Trinajstić information content (AvgIpc) is 3.05. The standard InChI is InChI=1S/C21H20FNO2S/c1-14-19(16-5-9-18(25-2)10-6-16)13-20(26-14)21(24)23-12-11-15-3-7-17(22)8-4-15/h3-10,13H,11-12H2,1-2H3,(H,23,24). The quantitative estimate of drug-likeness (QED) is 0.675. The van der Waals surface area contributed by atoms with Crippen molar-refractivity contribution in [1.29, 1.82) is 0 Å². The second kappa shape index (κ2) is 8.15. The molecule has 0 atom stereocenters. The van der Waals surface area contributed by atoms with Crippen LogP contribution >= 0.6 is 11.3 Å². The summed E-state index contributed by atoms with van der Waals surface area (Å²) in [6.45, 7) is 2.53. The summed E-state index contributed by atoms with van der Waals surface area (Å²) in [5.74, 6) is 0.471. The van der Waals surface area contributed by atoms with Gasteiger partial charge in [0.05, 0.1) is 12.0 Å². The first-order valence-electron chi connectivity index (χ1n) is 8.34. The fourth-order valence-corrected chi connectivity index (χ4v) is 3.67. The largest absolute Gasteiger partial charge is 0.497 e. The number of benzene rings is 2. The number of methoxy groups -OCH3 is 1. The van der Waals surface area contributed by atoms with Crippen LogP contribution in [0.1, 0.15) is 20.1 Å². The Morgan fingerprint density at radius 2 is 1.81 bits per heavy atom. The first-order chi connectivity index (χ1) is 12.6. The Balaban J connectivity index is 1.63. The summed E-state index contributed by atoms with van der Waals surface area (Å²) in [7, 11) is 1.64. The Labute approximate surface area is 156 Å². The van der Waals surface area contributed by atoms with E-state index in [0.29, 0.717) is 17.8 Å². The van der Waals surface area contributed by atoms with E-state index in [9.17, 15) is 9.18 Å². The lowest BCUT2D eigenvalue weighted by Crippen LogP contribution is -2.24. The zero-order valence-corrected chi connectivity index (χ0v) is 15.5. The molecule has 0 radical (unpaired) electrons. The molecule has 0 spiro atoms. The van der Waals surface area contributed by atoms with Gasteiger partial charge in [0.2, 0.25) is 0 Å². The van der Waals surface area contributed by atoms with E-state index in [1.807, 2.05) is 37.3 Å². The van der Waals surface area contributed by atoms with E-state index >= 15 is 0 Å². The molecule has 1 heterocycles. The number of thiophene rings is 1. The number of carbonyl (C=O) groups excluding carboxylic acids is 1. The zero-order chi connectivity index (χ0) is 18.5. The predicted molar refractivity (Wildman–Crippen MR) is 103 cm³/mol. The topological polar surface area (TPSA) is 38.3 Å². The van der Waals surface area contributed by atoms with E-state index < -0.39 is 0 Å². The molecular weight excluding hydrogens is 349 g/mol. The lowest BCUT2D eigenvalue weighted by molar-refractivity contribution is 0.0958. The third-order valence-electron chi connectivity index (χ3n) is 4.16. The van der Waals surface area contributed by atoms with Gasteiger partial charge in [0.25, 0.3) is 5.91 Å². The Morgan fingerprint density at radius 3 is 2.46 bits per heavy atom. The number of amides is 1. The van der Waals surface area contributed by atoms with Crippen molar-refractivity contribution in [1.82, 2.24) is 5.32 Å². The van der Waals surface area contributed by atoms with Gasteiger partial charge in [-0.25, -0.2) is 4.39 Å².